The molecular weight excluding hydrogens is 329 g/mol. The highest BCUT2D eigenvalue weighted by Crippen LogP contribution is 2.28. The maximum Gasteiger partial charge on any atom is 0.283 e. The lowest BCUT2D eigenvalue weighted by molar-refractivity contribution is -0.385. The van der Waals surface area contributed by atoms with Gasteiger partial charge in [-0.3, -0.25) is 14.9 Å². The summed E-state index contributed by atoms with van der Waals surface area (Å²) in [7, 11) is 0. The predicted octanol–water partition coefficient (Wildman–Crippen LogP) is 2.68. The molecule has 1 aromatic rings. The summed E-state index contributed by atoms with van der Waals surface area (Å²) in [5.41, 5.74) is -0.188. The Hall–Kier alpha value is -1.37. The third kappa shape index (κ3) is 3.51. The Bertz CT molecular complexity index is 585. The molecule has 2 bridgehead atoms. The third-order valence-electron chi connectivity index (χ3n) is 4.21. The van der Waals surface area contributed by atoms with Gasteiger partial charge in [0.2, 0.25) is 0 Å². The summed E-state index contributed by atoms with van der Waals surface area (Å²) in [6, 6.07) is 5.10. The average molecular weight is 346 g/mol. The second-order valence-electron chi connectivity index (χ2n) is 5.70. The van der Waals surface area contributed by atoms with Crippen LogP contribution in [0, 0.1) is 10.1 Å². The van der Waals surface area contributed by atoms with Gasteiger partial charge in [0.05, 0.1) is 4.92 Å². The lowest BCUT2D eigenvalue weighted by Crippen LogP contribution is -2.48. The Balaban J connectivity index is 0.00000176. The van der Waals surface area contributed by atoms with Crippen molar-refractivity contribution in [3.05, 3.63) is 38.9 Å². The molecule has 0 spiro atoms. The van der Waals surface area contributed by atoms with Gasteiger partial charge in [-0.15, -0.1) is 12.4 Å². The number of nitro groups is 1. The topological polar surface area (TPSA) is 84.3 Å². The number of nitrogens with zero attached hydrogens (tertiary/aromatic N) is 1. The van der Waals surface area contributed by atoms with E-state index < -0.39 is 10.8 Å². The molecule has 3 rings (SSSR count). The molecule has 120 valence electrons. The molecule has 1 aromatic carbocycles. The van der Waals surface area contributed by atoms with Gasteiger partial charge in [0, 0.05) is 29.2 Å². The van der Waals surface area contributed by atoms with E-state index in [2.05, 4.69) is 10.6 Å². The fourth-order valence-corrected chi connectivity index (χ4v) is 3.45. The van der Waals surface area contributed by atoms with Crippen molar-refractivity contribution in [2.24, 2.45) is 0 Å². The van der Waals surface area contributed by atoms with Gasteiger partial charge >= 0.3 is 0 Å². The van der Waals surface area contributed by atoms with Crippen LogP contribution in [-0.4, -0.2) is 29.0 Å². The summed E-state index contributed by atoms with van der Waals surface area (Å²) in [5, 5.41) is 17.7. The second kappa shape index (κ2) is 6.81. The zero-order chi connectivity index (χ0) is 15.0. The molecule has 2 aliphatic rings. The number of nitro benzene ring substituents is 1. The first-order valence-corrected chi connectivity index (χ1v) is 7.41. The zero-order valence-electron chi connectivity index (χ0n) is 11.8. The van der Waals surface area contributed by atoms with Gasteiger partial charge in [-0.2, -0.15) is 0 Å². The number of nitrogens with one attached hydrogen (secondary N) is 2. The Labute approximate surface area is 139 Å². The number of hydrogen-bond acceptors (Lipinski definition) is 4. The first kappa shape index (κ1) is 17.0. The van der Waals surface area contributed by atoms with Crippen LogP contribution in [0.3, 0.4) is 0 Å². The van der Waals surface area contributed by atoms with Crippen LogP contribution in [0.4, 0.5) is 5.69 Å². The minimum atomic E-state index is -0.576. The highest BCUT2D eigenvalue weighted by molar-refractivity contribution is 6.31. The molecule has 2 heterocycles. The third-order valence-corrected chi connectivity index (χ3v) is 4.44. The van der Waals surface area contributed by atoms with Crippen LogP contribution in [0.1, 0.15) is 36.0 Å². The van der Waals surface area contributed by atoms with E-state index in [0.717, 1.165) is 25.7 Å². The van der Waals surface area contributed by atoms with Crippen molar-refractivity contribution in [3.63, 3.8) is 0 Å². The SMILES string of the molecule is Cl.O=C(NC1CC2CCC(C1)N2)c1ccc(Cl)cc1[N+](=O)[O-]. The number of rotatable bonds is 3. The molecule has 2 N–H and O–H groups in total. The molecule has 1 amide bonds. The van der Waals surface area contributed by atoms with Crippen molar-refractivity contribution >= 4 is 35.6 Å². The normalized spacial score (nSPS) is 26.1. The van der Waals surface area contributed by atoms with Crippen molar-refractivity contribution in [1.29, 1.82) is 0 Å². The number of hydrogen-bond donors (Lipinski definition) is 2. The van der Waals surface area contributed by atoms with Gasteiger partial charge < -0.3 is 10.6 Å². The van der Waals surface area contributed by atoms with E-state index in [-0.39, 0.29) is 34.7 Å². The monoisotopic (exact) mass is 345 g/mol. The van der Waals surface area contributed by atoms with Gasteiger partial charge in [-0.25, -0.2) is 0 Å². The molecule has 8 heteroatoms. The van der Waals surface area contributed by atoms with E-state index >= 15 is 0 Å². The molecule has 2 fully saturated rings. The highest BCUT2D eigenvalue weighted by atomic mass is 35.5. The smallest absolute Gasteiger partial charge is 0.283 e. The molecule has 0 saturated carbocycles. The molecule has 22 heavy (non-hydrogen) atoms. The van der Waals surface area contributed by atoms with Crippen molar-refractivity contribution < 1.29 is 9.72 Å². The summed E-state index contributed by atoms with van der Waals surface area (Å²) in [4.78, 5) is 22.8. The van der Waals surface area contributed by atoms with Crippen molar-refractivity contribution in [1.82, 2.24) is 10.6 Å². The Morgan fingerprint density at radius 2 is 1.95 bits per heavy atom. The standard InChI is InChI=1S/C14H16ClN3O3.ClH/c15-8-1-4-12(13(5-8)18(20)21)14(19)17-11-6-9-2-3-10(7-11)16-9;/h1,4-5,9-11,16H,2-3,6-7H2,(H,17,19);1H. The Morgan fingerprint density at radius 3 is 2.55 bits per heavy atom. The maximum atomic E-state index is 12.3. The summed E-state index contributed by atoms with van der Waals surface area (Å²) in [6.45, 7) is 0. The largest absolute Gasteiger partial charge is 0.349 e. The van der Waals surface area contributed by atoms with Gasteiger partial charge in [0.1, 0.15) is 5.56 Å². The number of halogens is 2. The lowest BCUT2D eigenvalue weighted by atomic mass is 9.99. The fraction of sp³-hybridized carbons (Fsp3) is 0.500. The number of fused-ring (bicyclic) bond motifs is 2. The number of benzene rings is 1. The van der Waals surface area contributed by atoms with Crippen molar-refractivity contribution in [2.75, 3.05) is 0 Å². The van der Waals surface area contributed by atoms with E-state index in [0.29, 0.717) is 12.1 Å². The molecule has 0 radical (unpaired) electrons. The van der Waals surface area contributed by atoms with Gasteiger partial charge in [-0.05, 0) is 37.8 Å². The van der Waals surface area contributed by atoms with E-state index in [4.69, 9.17) is 11.6 Å². The number of carbonyl (C=O) groups is 1. The quantitative estimate of drug-likeness (QED) is 0.651. The van der Waals surface area contributed by atoms with E-state index in [1.54, 1.807) is 0 Å². The summed E-state index contributed by atoms with van der Waals surface area (Å²) in [6.07, 6.45) is 4.03. The molecule has 2 unspecified atom stereocenters. The average Bonchev–Trinajstić information content (AvgIpc) is 2.77. The summed E-state index contributed by atoms with van der Waals surface area (Å²) >= 11 is 5.76. The van der Waals surface area contributed by atoms with E-state index in [9.17, 15) is 14.9 Å². The minimum absolute atomic E-state index is 0. The molecule has 2 saturated heterocycles. The second-order valence-corrected chi connectivity index (χ2v) is 6.13. The van der Waals surface area contributed by atoms with Crippen LogP contribution in [0.2, 0.25) is 5.02 Å². The van der Waals surface area contributed by atoms with Crippen LogP contribution in [0.25, 0.3) is 0 Å². The van der Waals surface area contributed by atoms with E-state index in [1.807, 2.05) is 0 Å². The Morgan fingerprint density at radius 1 is 1.32 bits per heavy atom. The van der Waals surface area contributed by atoms with Crippen LogP contribution < -0.4 is 10.6 Å². The zero-order valence-corrected chi connectivity index (χ0v) is 13.3. The summed E-state index contributed by atoms with van der Waals surface area (Å²) < 4.78 is 0. The number of amides is 1. The van der Waals surface area contributed by atoms with E-state index in [1.165, 1.54) is 18.2 Å². The molecular formula is C14H17Cl2N3O3. The van der Waals surface area contributed by atoms with Crippen LogP contribution in [0.15, 0.2) is 18.2 Å². The number of piperidine rings is 1. The molecule has 0 aromatic heterocycles. The lowest BCUT2D eigenvalue weighted by Gasteiger charge is -2.29. The van der Waals surface area contributed by atoms with Gasteiger partial charge in [0.15, 0.2) is 0 Å². The van der Waals surface area contributed by atoms with Gasteiger partial charge in [0.25, 0.3) is 11.6 Å². The van der Waals surface area contributed by atoms with Crippen LogP contribution >= 0.6 is 24.0 Å². The van der Waals surface area contributed by atoms with Crippen molar-refractivity contribution in [2.45, 2.75) is 43.8 Å². The molecule has 2 aliphatic heterocycles. The fourth-order valence-electron chi connectivity index (χ4n) is 3.29. The first-order chi connectivity index (χ1) is 10.0. The summed E-state index contributed by atoms with van der Waals surface area (Å²) in [5.74, 6) is -0.398. The Kier molecular flexibility index (Phi) is 5.26. The van der Waals surface area contributed by atoms with Crippen LogP contribution in [-0.2, 0) is 0 Å². The minimum Gasteiger partial charge on any atom is -0.349 e. The van der Waals surface area contributed by atoms with Gasteiger partial charge in [-0.1, -0.05) is 11.6 Å². The van der Waals surface area contributed by atoms with Crippen molar-refractivity contribution in [3.8, 4) is 0 Å². The highest BCUT2D eigenvalue weighted by Gasteiger charge is 2.34. The van der Waals surface area contributed by atoms with Crippen LogP contribution in [0.5, 0.6) is 0 Å². The molecule has 0 aliphatic carbocycles. The molecule has 6 nitrogen and oxygen atoms in total. The number of carbonyl (C=O) groups excluding carboxylic acids is 1. The predicted molar refractivity (Wildman–Crippen MR) is 85.8 cm³/mol. The molecule has 2 atom stereocenters. The maximum absolute atomic E-state index is 12.3. The first-order valence-electron chi connectivity index (χ1n) is 7.04.